The van der Waals surface area contributed by atoms with Crippen molar-refractivity contribution in [2.75, 3.05) is 27.2 Å². The third-order valence-corrected chi connectivity index (χ3v) is 5.92. The van der Waals surface area contributed by atoms with Crippen LogP contribution < -0.4 is 0 Å². The maximum absolute atomic E-state index is 13.4. The summed E-state index contributed by atoms with van der Waals surface area (Å²) in [5.41, 5.74) is 2.14. The molecule has 0 radical (unpaired) electrons. The second-order valence-electron chi connectivity index (χ2n) is 7.76. The van der Waals surface area contributed by atoms with E-state index in [0.717, 1.165) is 24.9 Å². The second-order valence-corrected chi connectivity index (χ2v) is 8.58. The Balaban J connectivity index is 1.87. The van der Waals surface area contributed by atoms with Crippen molar-refractivity contribution in [2.45, 2.75) is 39.2 Å². The zero-order valence-electron chi connectivity index (χ0n) is 17.1. The molecule has 1 aliphatic rings. The van der Waals surface area contributed by atoms with Crippen LogP contribution in [0.3, 0.4) is 0 Å². The molecule has 1 aromatic heterocycles. The first-order valence-corrected chi connectivity index (χ1v) is 10.6. The third-order valence-electron chi connectivity index (χ3n) is 5.18. The molecule has 1 aliphatic carbocycles. The summed E-state index contributed by atoms with van der Waals surface area (Å²) in [6, 6.07) is 5.38. The monoisotopic (exact) mass is 436 g/mol. The molecule has 29 heavy (non-hydrogen) atoms. The SMILES string of the molecule is Cc1c(C(=O)N(CCCN(C)C)Cc2ccc(Cl)c(Cl)c2)oc2c1C(=O)CCC2. The Morgan fingerprint density at radius 1 is 1.14 bits per heavy atom. The number of Topliss-reactive ketones (excluding diaryl/α,β-unsaturated/α-hetero) is 1. The first-order valence-electron chi connectivity index (χ1n) is 9.81. The minimum atomic E-state index is -0.200. The molecule has 0 saturated carbocycles. The van der Waals surface area contributed by atoms with Gasteiger partial charge in [-0.25, -0.2) is 0 Å². The van der Waals surface area contributed by atoms with Gasteiger partial charge in [0, 0.05) is 31.5 Å². The topological polar surface area (TPSA) is 53.8 Å². The number of fused-ring (bicyclic) bond motifs is 1. The van der Waals surface area contributed by atoms with E-state index in [1.54, 1.807) is 24.0 Å². The van der Waals surface area contributed by atoms with Crippen LogP contribution >= 0.6 is 23.2 Å². The summed E-state index contributed by atoms with van der Waals surface area (Å²) in [4.78, 5) is 29.5. The van der Waals surface area contributed by atoms with Gasteiger partial charge in [-0.05, 0) is 58.1 Å². The van der Waals surface area contributed by atoms with Crippen molar-refractivity contribution >= 4 is 34.9 Å². The fourth-order valence-corrected chi connectivity index (χ4v) is 4.01. The molecule has 0 aliphatic heterocycles. The molecule has 1 amide bonds. The summed E-state index contributed by atoms with van der Waals surface area (Å²) in [6.45, 7) is 3.62. The number of benzene rings is 1. The van der Waals surface area contributed by atoms with Gasteiger partial charge in [0.25, 0.3) is 5.91 Å². The lowest BCUT2D eigenvalue weighted by molar-refractivity contribution is 0.0701. The number of nitrogens with zero attached hydrogens (tertiary/aromatic N) is 2. The highest BCUT2D eigenvalue weighted by Crippen LogP contribution is 2.30. The van der Waals surface area contributed by atoms with Crippen LogP contribution in [0.15, 0.2) is 22.6 Å². The minimum Gasteiger partial charge on any atom is -0.455 e. The molecule has 1 aromatic carbocycles. The summed E-state index contributed by atoms with van der Waals surface area (Å²) in [5, 5.41) is 0.939. The van der Waals surface area contributed by atoms with Crippen molar-refractivity contribution < 1.29 is 14.0 Å². The molecule has 0 fully saturated rings. The Kier molecular flexibility index (Phi) is 7.04. The molecule has 0 atom stereocenters. The van der Waals surface area contributed by atoms with Gasteiger partial charge in [-0.2, -0.15) is 0 Å². The van der Waals surface area contributed by atoms with Gasteiger partial charge in [0.1, 0.15) is 5.76 Å². The zero-order chi connectivity index (χ0) is 21.1. The van der Waals surface area contributed by atoms with E-state index < -0.39 is 0 Å². The molecule has 0 unspecified atom stereocenters. The highest BCUT2D eigenvalue weighted by Gasteiger charge is 2.30. The van der Waals surface area contributed by atoms with Crippen LogP contribution in [0.25, 0.3) is 0 Å². The first-order chi connectivity index (χ1) is 13.8. The Bertz CT molecular complexity index is 921. The summed E-state index contributed by atoms with van der Waals surface area (Å²) < 4.78 is 5.89. The van der Waals surface area contributed by atoms with Crippen LogP contribution in [0, 0.1) is 6.92 Å². The molecule has 1 heterocycles. The van der Waals surface area contributed by atoms with Gasteiger partial charge in [0.2, 0.25) is 0 Å². The summed E-state index contributed by atoms with van der Waals surface area (Å²) in [6.07, 6.45) is 2.79. The smallest absolute Gasteiger partial charge is 0.290 e. The van der Waals surface area contributed by atoms with Gasteiger partial charge in [-0.3, -0.25) is 9.59 Å². The lowest BCUT2D eigenvalue weighted by atomic mass is 9.94. The summed E-state index contributed by atoms with van der Waals surface area (Å²) >= 11 is 12.2. The number of carbonyl (C=O) groups is 2. The fourth-order valence-electron chi connectivity index (χ4n) is 3.68. The quantitative estimate of drug-likeness (QED) is 0.611. The van der Waals surface area contributed by atoms with Crippen LogP contribution in [-0.4, -0.2) is 48.7 Å². The number of furan rings is 1. The summed E-state index contributed by atoms with van der Waals surface area (Å²) in [7, 11) is 4.00. The number of hydrogen-bond donors (Lipinski definition) is 0. The Morgan fingerprint density at radius 3 is 2.55 bits per heavy atom. The predicted octanol–water partition coefficient (Wildman–Crippen LogP) is 5.01. The lowest BCUT2D eigenvalue weighted by Gasteiger charge is -2.23. The van der Waals surface area contributed by atoms with Gasteiger partial charge in [-0.15, -0.1) is 0 Å². The maximum atomic E-state index is 13.4. The van der Waals surface area contributed by atoms with E-state index in [-0.39, 0.29) is 17.5 Å². The van der Waals surface area contributed by atoms with E-state index in [9.17, 15) is 9.59 Å². The fraction of sp³-hybridized carbons (Fsp3) is 0.455. The first kappa shape index (κ1) is 21.9. The molecular weight excluding hydrogens is 411 g/mol. The van der Waals surface area contributed by atoms with Crippen LogP contribution in [0.4, 0.5) is 0 Å². The molecule has 7 heteroatoms. The number of hydrogen-bond acceptors (Lipinski definition) is 4. The molecule has 0 bridgehead atoms. The lowest BCUT2D eigenvalue weighted by Crippen LogP contribution is -2.33. The van der Waals surface area contributed by atoms with E-state index >= 15 is 0 Å². The van der Waals surface area contributed by atoms with Gasteiger partial charge >= 0.3 is 0 Å². The minimum absolute atomic E-state index is 0.0650. The number of ketones is 1. The largest absolute Gasteiger partial charge is 0.455 e. The number of halogens is 2. The van der Waals surface area contributed by atoms with Crippen LogP contribution in [0.5, 0.6) is 0 Å². The van der Waals surface area contributed by atoms with Gasteiger partial charge in [-0.1, -0.05) is 29.3 Å². The van der Waals surface area contributed by atoms with Gasteiger partial charge in [0.05, 0.1) is 15.6 Å². The van der Waals surface area contributed by atoms with E-state index in [1.807, 2.05) is 20.2 Å². The van der Waals surface area contributed by atoms with E-state index in [0.29, 0.717) is 52.9 Å². The Hall–Kier alpha value is -1.82. The predicted molar refractivity (Wildman–Crippen MR) is 115 cm³/mol. The highest BCUT2D eigenvalue weighted by molar-refractivity contribution is 6.42. The number of rotatable bonds is 7. The van der Waals surface area contributed by atoms with E-state index in [1.165, 1.54) is 0 Å². The molecule has 3 rings (SSSR count). The zero-order valence-corrected chi connectivity index (χ0v) is 18.6. The Morgan fingerprint density at radius 2 is 1.90 bits per heavy atom. The molecule has 0 N–H and O–H groups in total. The molecule has 5 nitrogen and oxygen atoms in total. The highest BCUT2D eigenvalue weighted by atomic mass is 35.5. The van der Waals surface area contributed by atoms with Crippen molar-refractivity contribution in [3.63, 3.8) is 0 Å². The summed E-state index contributed by atoms with van der Waals surface area (Å²) in [5.74, 6) is 0.782. The molecule has 156 valence electrons. The molecule has 0 saturated heterocycles. The van der Waals surface area contributed by atoms with Crippen molar-refractivity contribution in [2.24, 2.45) is 0 Å². The number of carbonyl (C=O) groups excluding carboxylic acids is 2. The third kappa shape index (κ3) is 5.03. The second kappa shape index (κ2) is 9.33. The number of aryl methyl sites for hydroxylation is 1. The number of amides is 1. The Labute approximate surface area is 181 Å². The van der Waals surface area contributed by atoms with Crippen molar-refractivity contribution in [3.8, 4) is 0 Å². The molecule has 2 aromatic rings. The van der Waals surface area contributed by atoms with Gasteiger partial charge in [0.15, 0.2) is 11.5 Å². The average Bonchev–Trinajstić information content (AvgIpc) is 3.01. The average molecular weight is 437 g/mol. The van der Waals surface area contributed by atoms with Crippen LogP contribution in [0.1, 0.15) is 57.1 Å². The van der Waals surface area contributed by atoms with Gasteiger partial charge < -0.3 is 14.2 Å². The van der Waals surface area contributed by atoms with E-state index in [4.69, 9.17) is 27.6 Å². The standard InChI is InChI=1S/C22H26Cl2N2O3/c1-14-20-18(27)6-4-7-19(20)29-21(14)22(28)26(11-5-10-25(2)3)13-15-8-9-16(23)17(24)12-15/h8-9,12H,4-7,10-11,13H2,1-3H3. The maximum Gasteiger partial charge on any atom is 0.290 e. The van der Waals surface area contributed by atoms with E-state index in [2.05, 4.69) is 4.90 Å². The molecule has 0 spiro atoms. The molecular formula is C22H26Cl2N2O3. The van der Waals surface area contributed by atoms with Crippen molar-refractivity contribution in [1.82, 2.24) is 9.80 Å². The van der Waals surface area contributed by atoms with Crippen LogP contribution in [0.2, 0.25) is 10.0 Å². The van der Waals surface area contributed by atoms with Crippen molar-refractivity contribution in [1.29, 1.82) is 0 Å². The van der Waals surface area contributed by atoms with Crippen molar-refractivity contribution in [3.05, 3.63) is 56.5 Å². The van der Waals surface area contributed by atoms with Crippen LogP contribution in [-0.2, 0) is 13.0 Å². The normalized spacial score (nSPS) is 13.7.